The Morgan fingerprint density at radius 2 is 1.59 bits per heavy atom. The van der Waals surface area contributed by atoms with Crippen LogP contribution in [-0.4, -0.2) is 36.5 Å². The van der Waals surface area contributed by atoms with E-state index >= 15 is 0 Å². The van der Waals surface area contributed by atoms with Crippen LogP contribution in [0.2, 0.25) is 5.02 Å². The number of carbonyl (C=O) groups excluding carboxylic acids is 3. The molecule has 3 atom stereocenters. The molecule has 0 N–H and O–H groups in total. The van der Waals surface area contributed by atoms with E-state index in [0.29, 0.717) is 33.0 Å². The van der Waals surface area contributed by atoms with Gasteiger partial charge in [-0.3, -0.25) is 14.4 Å². The Labute approximate surface area is 243 Å². The lowest BCUT2D eigenvalue weighted by molar-refractivity contribution is 0.0665. The largest absolute Gasteiger partial charge is 0.497 e. The zero-order chi connectivity index (χ0) is 28.5. The second-order valence-electron chi connectivity index (χ2n) is 10.9. The highest BCUT2D eigenvalue weighted by atomic mass is 35.5. The Morgan fingerprint density at radius 3 is 2.27 bits per heavy atom. The minimum Gasteiger partial charge on any atom is -0.497 e. The molecule has 3 unspecified atom stereocenters. The SMILES string of the molecule is COc1cccc(C2C(C(=O)c3ccc(C)cc3)N3c4ccc(Cl)cc4C=CC3C23C(=O)c2ccccc2C3=O)c1. The van der Waals surface area contributed by atoms with Crippen LogP contribution in [0.3, 0.4) is 0 Å². The Hall–Kier alpha value is -4.48. The van der Waals surface area contributed by atoms with Crippen LogP contribution in [0.4, 0.5) is 5.69 Å². The van der Waals surface area contributed by atoms with Crippen LogP contribution in [0.15, 0.2) is 97.1 Å². The van der Waals surface area contributed by atoms with Crippen molar-refractivity contribution in [2.45, 2.75) is 24.9 Å². The van der Waals surface area contributed by atoms with E-state index < -0.39 is 23.4 Å². The Kier molecular flexibility index (Phi) is 5.77. The van der Waals surface area contributed by atoms with Crippen molar-refractivity contribution in [3.05, 3.63) is 135 Å². The van der Waals surface area contributed by atoms with Crippen LogP contribution in [0.5, 0.6) is 5.75 Å². The average Bonchev–Trinajstić information content (AvgIpc) is 3.43. The van der Waals surface area contributed by atoms with E-state index in [0.717, 1.165) is 16.8 Å². The third-order valence-corrected chi connectivity index (χ3v) is 9.06. The monoisotopic (exact) mass is 559 g/mol. The van der Waals surface area contributed by atoms with Gasteiger partial charge >= 0.3 is 0 Å². The fraction of sp³-hybridized carbons (Fsp3) is 0.171. The normalized spacial score (nSPS) is 21.5. The lowest BCUT2D eigenvalue weighted by Gasteiger charge is -2.37. The van der Waals surface area contributed by atoms with Crippen molar-refractivity contribution in [2.75, 3.05) is 12.0 Å². The van der Waals surface area contributed by atoms with E-state index in [1.807, 2.05) is 84.6 Å². The zero-order valence-corrected chi connectivity index (χ0v) is 23.3. The van der Waals surface area contributed by atoms with Crippen LogP contribution in [0, 0.1) is 12.3 Å². The van der Waals surface area contributed by atoms with Gasteiger partial charge in [0, 0.05) is 33.3 Å². The highest BCUT2D eigenvalue weighted by Crippen LogP contribution is 2.61. The van der Waals surface area contributed by atoms with E-state index in [1.54, 1.807) is 37.4 Å². The molecule has 4 aromatic carbocycles. The molecule has 0 radical (unpaired) electrons. The first-order valence-corrected chi connectivity index (χ1v) is 13.9. The highest BCUT2D eigenvalue weighted by Gasteiger charge is 2.71. The van der Waals surface area contributed by atoms with Crippen molar-refractivity contribution in [1.82, 2.24) is 0 Å². The zero-order valence-electron chi connectivity index (χ0n) is 22.5. The molecule has 41 heavy (non-hydrogen) atoms. The molecule has 5 nitrogen and oxygen atoms in total. The van der Waals surface area contributed by atoms with E-state index in [-0.39, 0.29) is 17.3 Å². The number of nitrogens with zero attached hydrogens (tertiary/aromatic N) is 1. The maximum absolute atomic E-state index is 14.7. The molecule has 1 saturated heterocycles. The topological polar surface area (TPSA) is 63.7 Å². The summed E-state index contributed by atoms with van der Waals surface area (Å²) in [4.78, 5) is 46.1. The number of hydrogen-bond acceptors (Lipinski definition) is 5. The van der Waals surface area contributed by atoms with Crippen molar-refractivity contribution in [3.63, 3.8) is 0 Å². The number of halogens is 1. The standard InChI is InChI=1S/C35H26ClNO4/c1-20-10-12-21(13-11-20)32(38)31-30(23-6-5-7-25(19-23)41-2)35(33(39)26-8-3-4-9-27(26)34(35)40)29-17-14-22-18-24(36)15-16-28(22)37(29)31/h3-19,29-31H,1-2H3. The van der Waals surface area contributed by atoms with Gasteiger partial charge in [0.2, 0.25) is 0 Å². The van der Waals surface area contributed by atoms with Crippen LogP contribution < -0.4 is 9.64 Å². The lowest BCUT2D eigenvalue weighted by atomic mass is 9.64. The Morgan fingerprint density at radius 1 is 0.878 bits per heavy atom. The van der Waals surface area contributed by atoms with Gasteiger partial charge in [-0.1, -0.05) is 90.0 Å². The second-order valence-corrected chi connectivity index (χ2v) is 11.4. The summed E-state index contributed by atoms with van der Waals surface area (Å²) in [6.45, 7) is 1.97. The van der Waals surface area contributed by atoms with Gasteiger partial charge in [0.1, 0.15) is 17.2 Å². The summed E-state index contributed by atoms with van der Waals surface area (Å²) in [5, 5.41) is 0.562. The summed E-state index contributed by atoms with van der Waals surface area (Å²) in [7, 11) is 1.58. The van der Waals surface area contributed by atoms with Crippen molar-refractivity contribution < 1.29 is 19.1 Å². The number of rotatable bonds is 4. The molecule has 0 bridgehead atoms. The van der Waals surface area contributed by atoms with Crippen LogP contribution >= 0.6 is 11.6 Å². The summed E-state index contributed by atoms with van der Waals surface area (Å²) in [5.41, 5.74) is 3.06. The number of methoxy groups -OCH3 is 1. The summed E-state index contributed by atoms with van der Waals surface area (Å²) < 4.78 is 5.57. The first-order valence-electron chi connectivity index (χ1n) is 13.6. The third-order valence-electron chi connectivity index (χ3n) is 8.82. The van der Waals surface area contributed by atoms with E-state index in [4.69, 9.17) is 16.3 Å². The van der Waals surface area contributed by atoms with Gasteiger partial charge in [-0.25, -0.2) is 0 Å². The number of Topliss-reactive ketones (excluding diaryl/α,β-unsaturated/α-hetero) is 3. The van der Waals surface area contributed by atoms with Crippen molar-refractivity contribution in [3.8, 4) is 5.75 Å². The van der Waals surface area contributed by atoms with Crippen molar-refractivity contribution >= 4 is 40.7 Å². The number of ketones is 3. The predicted octanol–water partition coefficient (Wildman–Crippen LogP) is 6.97. The molecule has 3 aliphatic rings. The van der Waals surface area contributed by atoms with Crippen molar-refractivity contribution in [2.24, 2.45) is 5.41 Å². The minimum absolute atomic E-state index is 0.160. The van der Waals surface area contributed by atoms with Gasteiger partial charge in [-0.2, -0.15) is 0 Å². The maximum Gasteiger partial charge on any atom is 0.185 e. The van der Waals surface area contributed by atoms with E-state index in [2.05, 4.69) is 0 Å². The number of hydrogen-bond donors (Lipinski definition) is 0. The fourth-order valence-electron chi connectivity index (χ4n) is 7.04. The van der Waals surface area contributed by atoms with Gasteiger partial charge in [0.25, 0.3) is 0 Å². The van der Waals surface area contributed by atoms with E-state index in [9.17, 15) is 14.4 Å². The molecule has 202 valence electrons. The highest BCUT2D eigenvalue weighted by molar-refractivity contribution is 6.32. The molecule has 7 rings (SSSR count). The lowest BCUT2D eigenvalue weighted by Crippen LogP contribution is -2.48. The summed E-state index contributed by atoms with van der Waals surface area (Å²) >= 11 is 6.37. The average molecular weight is 560 g/mol. The van der Waals surface area contributed by atoms with Gasteiger partial charge in [-0.15, -0.1) is 0 Å². The number of ether oxygens (including phenoxy) is 1. The summed E-state index contributed by atoms with van der Waals surface area (Å²) in [6.07, 6.45) is 3.81. The first kappa shape index (κ1) is 25.5. The number of anilines is 1. The molecule has 1 aliphatic carbocycles. The van der Waals surface area contributed by atoms with Crippen molar-refractivity contribution in [1.29, 1.82) is 0 Å². The van der Waals surface area contributed by atoms with Crippen LogP contribution in [0.1, 0.15) is 53.7 Å². The molecule has 0 amide bonds. The number of aryl methyl sites for hydroxylation is 1. The Bertz CT molecular complexity index is 1760. The molecule has 4 aromatic rings. The minimum atomic E-state index is -1.56. The molecule has 0 aromatic heterocycles. The van der Waals surface area contributed by atoms with Gasteiger partial charge in [0.15, 0.2) is 17.3 Å². The quantitative estimate of drug-likeness (QED) is 0.199. The maximum atomic E-state index is 14.7. The fourth-order valence-corrected chi connectivity index (χ4v) is 7.22. The summed E-state index contributed by atoms with van der Waals surface area (Å²) in [6, 6.07) is 25.8. The molecule has 2 heterocycles. The smallest absolute Gasteiger partial charge is 0.185 e. The molecular weight excluding hydrogens is 534 g/mol. The Balaban J connectivity index is 1.55. The summed E-state index contributed by atoms with van der Waals surface area (Å²) in [5.74, 6) is -0.894. The van der Waals surface area contributed by atoms with Gasteiger partial charge in [0.05, 0.1) is 13.2 Å². The molecule has 6 heteroatoms. The number of fused-ring (bicyclic) bond motifs is 5. The molecular formula is C35H26ClNO4. The van der Waals surface area contributed by atoms with E-state index in [1.165, 1.54) is 0 Å². The molecule has 2 aliphatic heterocycles. The second kappa shape index (κ2) is 9.28. The first-order chi connectivity index (χ1) is 19.9. The number of benzene rings is 4. The predicted molar refractivity (Wildman–Crippen MR) is 159 cm³/mol. The van der Waals surface area contributed by atoms with Gasteiger partial charge in [-0.05, 0) is 48.4 Å². The molecule has 0 saturated carbocycles. The van der Waals surface area contributed by atoms with Gasteiger partial charge < -0.3 is 9.64 Å². The van der Waals surface area contributed by atoms with Crippen LogP contribution in [-0.2, 0) is 0 Å². The number of carbonyl (C=O) groups is 3. The third kappa shape index (κ3) is 3.52. The van der Waals surface area contributed by atoms with Crippen LogP contribution in [0.25, 0.3) is 6.08 Å². The molecule has 1 fully saturated rings. The molecule has 1 spiro atoms.